The first kappa shape index (κ1) is 9.72. The maximum Gasteiger partial charge on any atom is 0.146 e. The summed E-state index contributed by atoms with van der Waals surface area (Å²) >= 11 is 0. The van der Waals surface area contributed by atoms with Crippen LogP contribution in [0.1, 0.15) is 40.0 Å². The van der Waals surface area contributed by atoms with Crippen molar-refractivity contribution in [2.75, 3.05) is 13.1 Å². The van der Waals surface area contributed by atoms with Gasteiger partial charge in [-0.15, -0.1) is 0 Å². The number of nitrogens with zero attached hydrogens (tertiary/aromatic N) is 1. The van der Waals surface area contributed by atoms with Crippen LogP contribution in [-0.2, 0) is 4.79 Å². The van der Waals surface area contributed by atoms with Crippen molar-refractivity contribution in [3.63, 3.8) is 0 Å². The van der Waals surface area contributed by atoms with Gasteiger partial charge in [0.2, 0.25) is 0 Å². The predicted molar refractivity (Wildman–Crippen MR) is 50.2 cm³/mol. The molecule has 0 aliphatic carbocycles. The third-order valence-corrected chi connectivity index (χ3v) is 2.83. The molecule has 1 rings (SSSR count). The van der Waals surface area contributed by atoms with E-state index in [2.05, 4.69) is 18.7 Å². The monoisotopic (exact) mass is 169 g/mol. The van der Waals surface area contributed by atoms with Crippen molar-refractivity contribution in [1.29, 1.82) is 0 Å². The summed E-state index contributed by atoms with van der Waals surface area (Å²) < 4.78 is 0. The van der Waals surface area contributed by atoms with E-state index in [0.29, 0.717) is 18.7 Å². The standard InChI is InChI=1S/C10H19NO/c1-4-9(12)8-11-7-5-6-10(11,2)3/h4-8H2,1-3H3. The van der Waals surface area contributed by atoms with Crippen LogP contribution in [-0.4, -0.2) is 29.3 Å². The zero-order chi connectivity index (χ0) is 9.19. The molecule has 70 valence electrons. The Hall–Kier alpha value is -0.370. The zero-order valence-electron chi connectivity index (χ0n) is 8.39. The first-order valence-corrected chi connectivity index (χ1v) is 4.83. The molecule has 0 amide bonds. The molecule has 1 saturated heterocycles. The summed E-state index contributed by atoms with van der Waals surface area (Å²) in [6.07, 6.45) is 3.14. The summed E-state index contributed by atoms with van der Waals surface area (Å²) in [7, 11) is 0. The second kappa shape index (κ2) is 3.56. The maximum absolute atomic E-state index is 11.2. The molecule has 1 fully saturated rings. The quantitative estimate of drug-likeness (QED) is 0.642. The van der Waals surface area contributed by atoms with Crippen LogP contribution in [0.2, 0.25) is 0 Å². The summed E-state index contributed by atoms with van der Waals surface area (Å²) in [4.78, 5) is 13.5. The average molecular weight is 169 g/mol. The zero-order valence-corrected chi connectivity index (χ0v) is 8.39. The van der Waals surface area contributed by atoms with Gasteiger partial charge in [0.25, 0.3) is 0 Å². The van der Waals surface area contributed by atoms with E-state index in [1.54, 1.807) is 0 Å². The van der Waals surface area contributed by atoms with E-state index >= 15 is 0 Å². The number of carbonyl (C=O) groups excluding carboxylic acids is 1. The highest BCUT2D eigenvalue weighted by atomic mass is 16.1. The molecule has 12 heavy (non-hydrogen) atoms. The van der Waals surface area contributed by atoms with Crippen molar-refractivity contribution in [2.45, 2.75) is 45.6 Å². The molecule has 0 N–H and O–H groups in total. The lowest BCUT2D eigenvalue weighted by molar-refractivity contribution is -0.120. The van der Waals surface area contributed by atoms with Gasteiger partial charge in [-0.25, -0.2) is 0 Å². The minimum Gasteiger partial charge on any atom is -0.298 e. The third-order valence-electron chi connectivity index (χ3n) is 2.83. The molecule has 0 aromatic heterocycles. The van der Waals surface area contributed by atoms with Gasteiger partial charge in [0.05, 0.1) is 6.54 Å². The predicted octanol–water partition coefficient (Wildman–Crippen LogP) is 1.84. The molecular weight excluding hydrogens is 150 g/mol. The van der Waals surface area contributed by atoms with Crippen LogP contribution in [0.4, 0.5) is 0 Å². The van der Waals surface area contributed by atoms with E-state index in [4.69, 9.17) is 0 Å². The average Bonchev–Trinajstić information content (AvgIpc) is 2.31. The molecule has 0 aromatic carbocycles. The smallest absolute Gasteiger partial charge is 0.146 e. The fourth-order valence-electron chi connectivity index (χ4n) is 1.78. The summed E-state index contributed by atoms with van der Waals surface area (Å²) in [5.74, 6) is 0.366. The summed E-state index contributed by atoms with van der Waals surface area (Å²) in [5, 5.41) is 0. The number of hydrogen-bond donors (Lipinski definition) is 0. The molecule has 0 aromatic rings. The normalized spacial score (nSPS) is 22.9. The molecule has 0 bridgehead atoms. The lowest BCUT2D eigenvalue weighted by Crippen LogP contribution is -2.41. The van der Waals surface area contributed by atoms with E-state index < -0.39 is 0 Å². The van der Waals surface area contributed by atoms with Crippen LogP contribution >= 0.6 is 0 Å². The molecule has 0 saturated carbocycles. The topological polar surface area (TPSA) is 20.3 Å². The first-order valence-electron chi connectivity index (χ1n) is 4.83. The van der Waals surface area contributed by atoms with Crippen molar-refractivity contribution < 1.29 is 4.79 Å². The van der Waals surface area contributed by atoms with Crippen molar-refractivity contribution in [3.8, 4) is 0 Å². The second-order valence-corrected chi connectivity index (χ2v) is 4.23. The van der Waals surface area contributed by atoms with Gasteiger partial charge < -0.3 is 0 Å². The highest BCUT2D eigenvalue weighted by Gasteiger charge is 2.32. The number of Topliss-reactive ketones (excluding diaryl/α,β-unsaturated/α-hetero) is 1. The number of hydrogen-bond acceptors (Lipinski definition) is 2. The van der Waals surface area contributed by atoms with Crippen LogP contribution in [0.25, 0.3) is 0 Å². The van der Waals surface area contributed by atoms with Gasteiger partial charge in [-0.3, -0.25) is 9.69 Å². The van der Waals surface area contributed by atoms with Crippen LogP contribution in [0.5, 0.6) is 0 Å². The van der Waals surface area contributed by atoms with Crippen molar-refractivity contribution in [2.24, 2.45) is 0 Å². The van der Waals surface area contributed by atoms with Crippen molar-refractivity contribution in [1.82, 2.24) is 4.90 Å². The van der Waals surface area contributed by atoms with Gasteiger partial charge in [0, 0.05) is 12.0 Å². The third kappa shape index (κ3) is 2.07. The van der Waals surface area contributed by atoms with E-state index in [9.17, 15) is 4.79 Å². The van der Waals surface area contributed by atoms with Gasteiger partial charge in [0.15, 0.2) is 0 Å². The van der Waals surface area contributed by atoms with Crippen molar-refractivity contribution in [3.05, 3.63) is 0 Å². The largest absolute Gasteiger partial charge is 0.298 e. The molecule has 0 atom stereocenters. The van der Waals surface area contributed by atoms with E-state index in [1.165, 1.54) is 12.8 Å². The summed E-state index contributed by atoms with van der Waals surface area (Å²) in [6.45, 7) is 8.14. The van der Waals surface area contributed by atoms with Crippen LogP contribution in [0.15, 0.2) is 0 Å². The van der Waals surface area contributed by atoms with Gasteiger partial charge in [0.1, 0.15) is 5.78 Å². The lowest BCUT2D eigenvalue weighted by Gasteiger charge is -2.30. The molecule has 2 nitrogen and oxygen atoms in total. The number of ketones is 1. The molecule has 0 radical (unpaired) electrons. The van der Waals surface area contributed by atoms with Crippen molar-refractivity contribution >= 4 is 5.78 Å². The van der Waals surface area contributed by atoms with Gasteiger partial charge in [-0.2, -0.15) is 0 Å². The Kier molecular flexibility index (Phi) is 2.89. The Morgan fingerprint density at radius 3 is 2.58 bits per heavy atom. The molecule has 0 spiro atoms. The highest BCUT2D eigenvalue weighted by Crippen LogP contribution is 2.27. The Bertz CT molecular complexity index is 175. The summed E-state index contributed by atoms with van der Waals surface area (Å²) in [5.41, 5.74) is 0.255. The molecular formula is C10H19NO. The maximum atomic E-state index is 11.2. The molecule has 2 heteroatoms. The SMILES string of the molecule is CCC(=O)CN1CCCC1(C)C. The molecule has 1 heterocycles. The van der Waals surface area contributed by atoms with E-state index in [1.807, 2.05) is 6.92 Å². The Morgan fingerprint density at radius 1 is 1.50 bits per heavy atom. The minimum atomic E-state index is 0.255. The highest BCUT2D eigenvalue weighted by molar-refractivity contribution is 5.80. The van der Waals surface area contributed by atoms with E-state index in [0.717, 1.165) is 6.54 Å². The van der Waals surface area contributed by atoms with Crippen LogP contribution in [0.3, 0.4) is 0 Å². The molecule has 1 aliphatic rings. The Balaban J connectivity index is 2.47. The van der Waals surface area contributed by atoms with Gasteiger partial charge in [-0.1, -0.05) is 6.92 Å². The molecule has 0 unspecified atom stereocenters. The second-order valence-electron chi connectivity index (χ2n) is 4.23. The molecule has 1 aliphatic heterocycles. The van der Waals surface area contributed by atoms with Crippen LogP contribution in [0, 0.1) is 0 Å². The number of rotatable bonds is 3. The number of carbonyl (C=O) groups is 1. The number of likely N-dealkylation sites (tertiary alicyclic amines) is 1. The van der Waals surface area contributed by atoms with Gasteiger partial charge >= 0.3 is 0 Å². The Morgan fingerprint density at radius 2 is 2.17 bits per heavy atom. The fourth-order valence-corrected chi connectivity index (χ4v) is 1.78. The lowest BCUT2D eigenvalue weighted by atomic mass is 10.0. The fraction of sp³-hybridized carbons (Fsp3) is 0.900. The van der Waals surface area contributed by atoms with E-state index in [-0.39, 0.29) is 5.54 Å². The van der Waals surface area contributed by atoms with Gasteiger partial charge in [-0.05, 0) is 33.2 Å². The van der Waals surface area contributed by atoms with Crippen LogP contribution < -0.4 is 0 Å². The first-order chi connectivity index (χ1) is 5.56. The Labute approximate surface area is 74.9 Å². The summed E-state index contributed by atoms with van der Waals surface area (Å²) in [6, 6.07) is 0. The minimum absolute atomic E-state index is 0.255.